The van der Waals surface area contributed by atoms with E-state index in [2.05, 4.69) is 4.98 Å². The Morgan fingerprint density at radius 1 is 1.35 bits per heavy atom. The van der Waals surface area contributed by atoms with Crippen LogP contribution < -0.4 is 4.90 Å². The van der Waals surface area contributed by atoms with Crippen LogP contribution in [0.3, 0.4) is 0 Å². The zero-order chi connectivity index (χ0) is 16.4. The number of hydrogen-bond acceptors (Lipinski definition) is 5. The van der Waals surface area contributed by atoms with Gasteiger partial charge in [0.1, 0.15) is 12.0 Å². The number of piperazine rings is 1. The number of hydrogen-bond donors (Lipinski definition) is 0. The number of carbonyl (C=O) groups is 1. The van der Waals surface area contributed by atoms with Gasteiger partial charge in [0.2, 0.25) is 5.91 Å². The molecule has 8 heteroatoms. The Balaban J connectivity index is 1.65. The van der Waals surface area contributed by atoms with Gasteiger partial charge >= 0.3 is 0 Å². The molecule has 0 unspecified atom stereocenters. The maximum atomic E-state index is 12.4. The van der Waals surface area contributed by atoms with Crippen molar-refractivity contribution in [3.8, 4) is 0 Å². The Labute approximate surface area is 139 Å². The van der Waals surface area contributed by atoms with Crippen molar-refractivity contribution in [1.29, 1.82) is 0 Å². The third-order valence-corrected chi connectivity index (χ3v) is 4.87. The normalized spacial score (nSPS) is 19.4. The Kier molecular flexibility index (Phi) is 4.66. The molecule has 124 valence electrons. The van der Waals surface area contributed by atoms with Crippen LogP contribution >= 0.6 is 11.6 Å². The largest absolute Gasteiger partial charge is 0.344 e. The van der Waals surface area contributed by atoms with Gasteiger partial charge in [-0.1, -0.05) is 24.4 Å². The molecule has 7 nitrogen and oxygen atoms in total. The van der Waals surface area contributed by atoms with E-state index >= 15 is 0 Å². The molecule has 0 atom stereocenters. The summed E-state index contributed by atoms with van der Waals surface area (Å²) in [6.45, 7) is 2.35. The summed E-state index contributed by atoms with van der Waals surface area (Å²) in [5.74, 6) is 1.14. The number of rotatable bonds is 4. The van der Waals surface area contributed by atoms with E-state index in [-0.39, 0.29) is 23.2 Å². The van der Waals surface area contributed by atoms with Crippen molar-refractivity contribution in [2.75, 3.05) is 31.1 Å². The van der Waals surface area contributed by atoms with E-state index in [0.717, 1.165) is 6.54 Å². The predicted molar refractivity (Wildman–Crippen MR) is 86.7 cm³/mol. The summed E-state index contributed by atoms with van der Waals surface area (Å²) in [4.78, 5) is 30.3. The lowest BCUT2D eigenvalue weighted by molar-refractivity contribution is -0.385. The van der Waals surface area contributed by atoms with Crippen LogP contribution in [-0.2, 0) is 4.79 Å². The van der Waals surface area contributed by atoms with Crippen molar-refractivity contribution in [3.05, 3.63) is 27.4 Å². The van der Waals surface area contributed by atoms with E-state index in [1.807, 2.05) is 4.90 Å². The van der Waals surface area contributed by atoms with Gasteiger partial charge in [-0.3, -0.25) is 14.9 Å². The fraction of sp³-hybridized carbons (Fsp3) is 0.600. The Morgan fingerprint density at radius 2 is 2.09 bits per heavy atom. The van der Waals surface area contributed by atoms with Gasteiger partial charge in [-0.05, 0) is 18.8 Å². The monoisotopic (exact) mass is 338 g/mol. The lowest BCUT2D eigenvalue weighted by atomic mass is 10.1. The van der Waals surface area contributed by atoms with Crippen LogP contribution in [0.1, 0.15) is 25.7 Å². The number of anilines is 1. The van der Waals surface area contributed by atoms with Crippen LogP contribution in [0.15, 0.2) is 12.3 Å². The second-order valence-electron chi connectivity index (χ2n) is 6.17. The highest BCUT2D eigenvalue weighted by molar-refractivity contribution is 6.33. The second kappa shape index (κ2) is 6.70. The standard InChI is InChI=1S/C15H19ClN4O3/c16-13-7-12(20(22)23)8-17-15(13)19-6-5-18(14(21)10-19)9-11-3-1-2-4-11/h7-8,11H,1-6,9-10H2. The molecule has 1 aromatic rings. The summed E-state index contributed by atoms with van der Waals surface area (Å²) in [5, 5.41) is 10.9. The fourth-order valence-electron chi connectivity index (χ4n) is 3.34. The number of amides is 1. The fourth-order valence-corrected chi connectivity index (χ4v) is 3.62. The minimum absolute atomic E-state index is 0.0689. The average Bonchev–Trinajstić information content (AvgIpc) is 3.02. The molecule has 3 rings (SSSR count). The Bertz CT molecular complexity index is 619. The molecule has 23 heavy (non-hydrogen) atoms. The van der Waals surface area contributed by atoms with E-state index in [1.165, 1.54) is 37.9 Å². The predicted octanol–water partition coefficient (Wildman–Crippen LogP) is 2.48. The number of nitro groups is 1. The summed E-state index contributed by atoms with van der Waals surface area (Å²) in [6, 6.07) is 1.28. The van der Waals surface area contributed by atoms with Crippen molar-refractivity contribution in [1.82, 2.24) is 9.88 Å². The highest BCUT2D eigenvalue weighted by atomic mass is 35.5. The van der Waals surface area contributed by atoms with Gasteiger partial charge < -0.3 is 9.80 Å². The number of nitrogens with zero attached hydrogens (tertiary/aromatic N) is 4. The molecular weight excluding hydrogens is 320 g/mol. The number of pyridine rings is 1. The van der Waals surface area contributed by atoms with Crippen LogP contribution in [-0.4, -0.2) is 46.9 Å². The maximum Gasteiger partial charge on any atom is 0.289 e. The van der Waals surface area contributed by atoms with Crippen LogP contribution in [0, 0.1) is 16.0 Å². The number of carbonyl (C=O) groups excluding carboxylic acids is 1. The quantitative estimate of drug-likeness (QED) is 0.622. The van der Waals surface area contributed by atoms with Crippen molar-refractivity contribution in [2.45, 2.75) is 25.7 Å². The van der Waals surface area contributed by atoms with Crippen LogP contribution in [0.5, 0.6) is 0 Å². The number of aromatic nitrogens is 1. The van der Waals surface area contributed by atoms with Gasteiger partial charge in [-0.2, -0.15) is 0 Å². The van der Waals surface area contributed by atoms with Crippen molar-refractivity contribution < 1.29 is 9.72 Å². The highest BCUT2D eigenvalue weighted by Gasteiger charge is 2.29. The summed E-state index contributed by atoms with van der Waals surface area (Å²) in [6.07, 6.45) is 6.13. The van der Waals surface area contributed by atoms with E-state index in [0.29, 0.717) is 24.8 Å². The molecule has 0 aromatic carbocycles. The minimum Gasteiger partial charge on any atom is -0.344 e. The zero-order valence-corrected chi connectivity index (χ0v) is 13.5. The molecule has 0 N–H and O–H groups in total. The van der Waals surface area contributed by atoms with Crippen molar-refractivity contribution in [2.24, 2.45) is 5.92 Å². The Morgan fingerprint density at radius 3 is 2.70 bits per heavy atom. The van der Waals surface area contributed by atoms with Gasteiger partial charge in [0.15, 0.2) is 0 Å². The second-order valence-corrected chi connectivity index (χ2v) is 6.58. The third kappa shape index (κ3) is 3.55. The van der Waals surface area contributed by atoms with Gasteiger partial charge in [0.05, 0.1) is 16.5 Å². The van der Waals surface area contributed by atoms with E-state index in [4.69, 9.17) is 11.6 Å². The van der Waals surface area contributed by atoms with Crippen LogP contribution in [0.4, 0.5) is 11.5 Å². The Hall–Kier alpha value is -1.89. The molecule has 0 radical (unpaired) electrons. The van der Waals surface area contributed by atoms with E-state index in [9.17, 15) is 14.9 Å². The van der Waals surface area contributed by atoms with E-state index in [1.54, 1.807) is 4.90 Å². The summed E-state index contributed by atoms with van der Waals surface area (Å²) >= 11 is 6.09. The SMILES string of the molecule is O=C1CN(c2ncc([N+](=O)[O-])cc2Cl)CCN1CC1CCCC1. The highest BCUT2D eigenvalue weighted by Crippen LogP contribution is 2.29. The first-order valence-electron chi connectivity index (χ1n) is 7.87. The molecule has 0 spiro atoms. The minimum atomic E-state index is -0.534. The van der Waals surface area contributed by atoms with Gasteiger partial charge in [0.25, 0.3) is 5.69 Å². The first-order valence-corrected chi connectivity index (χ1v) is 8.25. The lowest BCUT2D eigenvalue weighted by Gasteiger charge is -2.36. The molecule has 1 saturated heterocycles. The van der Waals surface area contributed by atoms with E-state index < -0.39 is 4.92 Å². The third-order valence-electron chi connectivity index (χ3n) is 4.59. The van der Waals surface area contributed by atoms with Gasteiger partial charge in [-0.25, -0.2) is 4.98 Å². The summed E-state index contributed by atoms with van der Waals surface area (Å²) in [7, 11) is 0. The average molecular weight is 339 g/mol. The summed E-state index contributed by atoms with van der Waals surface area (Å²) < 4.78 is 0. The van der Waals surface area contributed by atoms with Crippen LogP contribution in [0.25, 0.3) is 0 Å². The van der Waals surface area contributed by atoms with Gasteiger partial charge in [0, 0.05) is 25.7 Å². The molecule has 0 bridgehead atoms. The zero-order valence-electron chi connectivity index (χ0n) is 12.8. The molecule has 1 aliphatic carbocycles. The first-order chi connectivity index (χ1) is 11.0. The topological polar surface area (TPSA) is 79.6 Å². The molecule has 1 aliphatic heterocycles. The summed E-state index contributed by atoms with van der Waals surface area (Å²) in [5.41, 5.74) is -0.148. The van der Waals surface area contributed by atoms with Crippen molar-refractivity contribution >= 4 is 29.0 Å². The molecule has 2 aliphatic rings. The van der Waals surface area contributed by atoms with Crippen LogP contribution in [0.2, 0.25) is 5.02 Å². The van der Waals surface area contributed by atoms with Gasteiger partial charge in [-0.15, -0.1) is 0 Å². The molecular formula is C15H19ClN4O3. The molecule has 1 saturated carbocycles. The first kappa shape index (κ1) is 16.0. The molecule has 2 heterocycles. The molecule has 1 amide bonds. The van der Waals surface area contributed by atoms with Crippen molar-refractivity contribution in [3.63, 3.8) is 0 Å². The number of halogens is 1. The molecule has 2 fully saturated rings. The maximum absolute atomic E-state index is 12.4. The smallest absolute Gasteiger partial charge is 0.289 e. The molecule has 1 aromatic heterocycles. The lowest BCUT2D eigenvalue weighted by Crippen LogP contribution is -2.51.